The number of anilines is 2. The second-order valence-electron chi connectivity index (χ2n) is 9.73. The summed E-state index contributed by atoms with van der Waals surface area (Å²) in [5, 5.41) is 2.47. The van der Waals surface area contributed by atoms with Crippen molar-refractivity contribution in [2.24, 2.45) is 4.99 Å². The smallest absolute Gasteiger partial charge is 0.347 e. The molecule has 0 spiro atoms. The van der Waals surface area contributed by atoms with Gasteiger partial charge in [0.2, 0.25) is 5.91 Å². The number of aromatic nitrogens is 2. The SMILES string of the molecule is COCc1ccc(C)cc1N1C(=O)CSC1=NC(=O)Nc1ccc(-c2cn(-c3ccc(S(F)(F)(F)(F)F)cc3)cn2)cc1F. The molecule has 4 aromatic rings. The third-order valence-electron chi connectivity index (χ3n) is 6.41. The topological polar surface area (TPSA) is 88.8 Å². The number of nitrogens with zero attached hydrogens (tertiary/aromatic N) is 4. The molecule has 0 saturated carbocycles. The normalized spacial score (nSPS) is 16.2. The Morgan fingerprint density at radius 1 is 1.07 bits per heavy atom. The third-order valence-corrected chi connectivity index (χ3v) is 8.50. The molecular formula is C28H23F6N5O3S2. The van der Waals surface area contributed by atoms with Crippen molar-refractivity contribution >= 4 is 50.5 Å². The number of aliphatic imine (C=N–C) groups is 1. The molecule has 3 amide bonds. The lowest BCUT2D eigenvalue weighted by atomic mass is 10.1. The number of rotatable bonds is 7. The van der Waals surface area contributed by atoms with E-state index in [0.717, 1.165) is 35.5 Å². The van der Waals surface area contributed by atoms with Gasteiger partial charge in [-0.3, -0.25) is 9.69 Å². The number of ether oxygens (including phenoxy) is 1. The van der Waals surface area contributed by atoms with Gasteiger partial charge >= 0.3 is 16.3 Å². The van der Waals surface area contributed by atoms with Crippen molar-refractivity contribution in [1.29, 1.82) is 0 Å². The standard InChI is InChI=1S/C28H23F6N5O3S2/c1-17-3-4-19(14-42-2)25(11-17)39-26(40)15-43-28(39)37-27(41)36-23-10-5-18(12-22(23)29)24-13-38(16-35-24)20-6-8-21(9-7-20)44(30,31,32,33)34/h3-13,16H,14-15H2,1-2H3,(H,36,41). The predicted molar refractivity (Wildman–Crippen MR) is 159 cm³/mol. The average Bonchev–Trinajstić information content (AvgIpc) is 3.57. The van der Waals surface area contributed by atoms with Crippen molar-refractivity contribution in [3.63, 3.8) is 0 Å². The van der Waals surface area contributed by atoms with E-state index < -0.39 is 27.0 Å². The van der Waals surface area contributed by atoms with Crippen LogP contribution in [0, 0.1) is 12.7 Å². The molecule has 232 valence electrons. The number of benzene rings is 3. The quantitative estimate of drug-likeness (QED) is 0.202. The molecule has 5 rings (SSSR count). The molecule has 1 N–H and O–H groups in total. The maximum absolute atomic E-state index is 15.0. The van der Waals surface area contributed by atoms with Gasteiger partial charge in [0, 0.05) is 30.1 Å². The van der Waals surface area contributed by atoms with Crippen LogP contribution in [0.5, 0.6) is 0 Å². The van der Waals surface area contributed by atoms with E-state index in [4.69, 9.17) is 4.74 Å². The van der Waals surface area contributed by atoms with E-state index in [1.807, 2.05) is 19.1 Å². The van der Waals surface area contributed by atoms with Crippen molar-refractivity contribution in [3.05, 3.63) is 90.1 Å². The first-order valence-corrected chi connectivity index (χ1v) is 15.6. The Bertz CT molecular complexity index is 1810. The van der Waals surface area contributed by atoms with Crippen LogP contribution < -0.4 is 10.2 Å². The first-order chi connectivity index (χ1) is 20.5. The van der Waals surface area contributed by atoms with Gasteiger partial charge in [-0.15, -0.1) is 0 Å². The highest BCUT2D eigenvalue weighted by Crippen LogP contribution is 3.02. The highest BCUT2D eigenvalue weighted by atomic mass is 32.5. The summed E-state index contributed by atoms with van der Waals surface area (Å²) in [7, 11) is -8.29. The van der Waals surface area contributed by atoms with Gasteiger partial charge in [-0.05, 0) is 55.0 Å². The number of amides is 3. The molecule has 0 unspecified atom stereocenters. The monoisotopic (exact) mass is 655 g/mol. The van der Waals surface area contributed by atoms with Gasteiger partial charge in [0.05, 0.1) is 35.8 Å². The van der Waals surface area contributed by atoms with E-state index in [-0.39, 0.29) is 58.2 Å². The largest absolute Gasteiger partial charge is 0.380 e. The van der Waals surface area contributed by atoms with Crippen molar-refractivity contribution in [2.45, 2.75) is 18.4 Å². The summed E-state index contributed by atoms with van der Waals surface area (Å²) in [6.45, 7) is 2.08. The summed E-state index contributed by atoms with van der Waals surface area (Å²) in [4.78, 5) is 32.9. The first-order valence-electron chi connectivity index (χ1n) is 12.6. The van der Waals surface area contributed by atoms with E-state index in [2.05, 4.69) is 15.3 Å². The van der Waals surface area contributed by atoms with E-state index >= 15 is 0 Å². The first kappa shape index (κ1) is 31.2. The second kappa shape index (κ2) is 10.7. The summed E-state index contributed by atoms with van der Waals surface area (Å²) < 4.78 is 86.5. The zero-order valence-electron chi connectivity index (χ0n) is 22.9. The minimum atomic E-state index is -9.81. The molecule has 1 saturated heterocycles. The Morgan fingerprint density at radius 2 is 1.80 bits per heavy atom. The average molecular weight is 656 g/mol. The van der Waals surface area contributed by atoms with Crippen molar-refractivity contribution in [1.82, 2.24) is 9.55 Å². The van der Waals surface area contributed by atoms with E-state index in [0.29, 0.717) is 11.3 Å². The van der Waals surface area contributed by atoms with Crippen LogP contribution in [0.4, 0.5) is 40.0 Å². The molecule has 1 aliphatic heterocycles. The van der Waals surface area contributed by atoms with Crippen LogP contribution in [0.25, 0.3) is 16.9 Å². The van der Waals surface area contributed by atoms with Gasteiger partial charge in [0.15, 0.2) is 5.17 Å². The van der Waals surface area contributed by atoms with E-state index in [1.54, 1.807) is 6.07 Å². The highest BCUT2D eigenvalue weighted by molar-refractivity contribution is 8.45. The summed E-state index contributed by atoms with van der Waals surface area (Å²) in [6.07, 6.45) is 2.60. The molecule has 1 aliphatic rings. The van der Waals surface area contributed by atoms with E-state index in [9.17, 15) is 33.4 Å². The van der Waals surface area contributed by atoms with Crippen molar-refractivity contribution in [3.8, 4) is 16.9 Å². The summed E-state index contributed by atoms with van der Waals surface area (Å²) in [5.74, 6) is -1.06. The van der Waals surface area contributed by atoms with Crippen LogP contribution in [-0.2, 0) is 16.1 Å². The minimum absolute atomic E-state index is 0.0579. The molecule has 8 nitrogen and oxygen atoms in total. The molecule has 1 aromatic heterocycles. The molecule has 0 radical (unpaired) electrons. The fraction of sp³-hybridized carbons (Fsp3) is 0.143. The zero-order valence-corrected chi connectivity index (χ0v) is 24.6. The Balaban J connectivity index is 1.32. The van der Waals surface area contributed by atoms with Gasteiger partial charge in [0.25, 0.3) is 0 Å². The van der Waals surface area contributed by atoms with Gasteiger partial charge in [-0.1, -0.05) is 49.4 Å². The lowest BCUT2D eigenvalue weighted by Crippen LogP contribution is -2.31. The number of carbonyl (C=O) groups excluding carboxylic acids is 2. The number of hydrogen-bond donors (Lipinski definition) is 1. The number of carbonyl (C=O) groups is 2. The summed E-state index contributed by atoms with van der Waals surface area (Å²) >= 11 is 1.06. The van der Waals surface area contributed by atoms with E-state index in [1.165, 1.54) is 41.2 Å². The van der Waals surface area contributed by atoms with Crippen LogP contribution in [0.15, 0.2) is 83.1 Å². The Labute approximate surface area is 251 Å². The maximum Gasteiger partial charge on any atom is 0.347 e. The highest BCUT2D eigenvalue weighted by Gasteiger charge is 2.65. The van der Waals surface area contributed by atoms with Crippen LogP contribution in [0.2, 0.25) is 0 Å². The lowest BCUT2D eigenvalue weighted by molar-refractivity contribution is -0.115. The van der Waals surface area contributed by atoms with Gasteiger partial charge in [-0.2, -0.15) is 4.99 Å². The zero-order chi connectivity index (χ0) is 31.9. The number of halogens is 6. The molecule has 0 bridgehead atoms. The molecule has 0 atom stereocenters. The number of urea groups is 1. The van der Waals surface area contributed by atoms with Gasteiger partial charge < -0.3 is 14.6 Å². The van der Waals surface area contributed by atoms with Gasteiger partial charge in [-0.25, -0.2) is 14.2 Å². The minimum Gasteiger partial charge on any atom is -0.380 e. The van der Waals surface area contributed by atoms with Crippen LogP contribution in [-0.4, -0.2) is 39.5 Å². The molecule has 3 aromatic carbocycles. The fourth-order valence-electron chi connectivity index (χ4n) is 4.34. The molecule has 0 aliphatic carbocycles. The lowest BCUT2D eigenvalue weighted by Gasteiger charge is -2.40. The number of amidine groups is 1. The second-order valence-corrected chi connectivity index (χ2v) is 13.1. The summed E-state index contributed by atoms with van der Waals surface area (Å²) in [5.41, 5.74) is 2.53. The third kappa shape index (κ3) is 6.76. The van der Waals surface area contributed by atoms with Crippen LogP contribution in [0.1, 0.15) is 11.1 Å². The summed E-state index contributed by atoms with van der Waals surface area (Å²) in [6, 6.07) is 10.7. The Kier molecular flexibility index (Phi) is 7.58. The number of methoxy groups -OCH3 is 1. The molecule has 2 heterocycles. The fourth-order valence-corrected chi connectivity index (χ4v) is 5.84. The Hall–Kier alpha value is -4.28. The number of nitrogens with one attached hydrogen (secondary N) is 1. The molecule has 44 heavy (non-hydrogen) atoms. The number of imidazole rings is 1. The van der Waals surface area contributed by atoms with Crippen molar-refractivity contribution < 1.29 is 38.1 Å². The molecule has 16 heteroatoms. The van der Waals surface area contributed by atoms with Gasteiger partial charge in [0.1, 0.15) is 10.7 Å². The Morgan fingerprint density at radius 3 is 2.45 bits per heavy atom. The van der Waals surface area contributed by atoms with Crippen LogP contribution in [0.3, 0.4) is 0 Å². The molecular weight excluding hydrogens is 632 g/mol. The number of thioether (sulfide) groups is 1. The number of hydrogen-bond acceptors (Lipinski definition) is 5. The predicted octanol–water partition coefficient (Wildman–Crippen LogP) is 8.46. The molecule has 1 fully saturated rings. The maximum atomic E-state index is 15.0. The van der Waals surface area contributed by atoms with Crippen molar-refractivity contribution in [2.75, 3.05) is 23.1 Å². The number of aryl methyl sites for hydroxylation is 1. The van der Waals surface area contributed by atoms with Crippen LogP contribution >= 0.6 is 22.0 Å².